The fourth-order valence-corrected chi connectivity index (χ4v) is 9.00. The number of nitrogens with one attached hydrogen (secondary N) is 2. The summed E-state index contributed by atoms with van der Waals surface area (Å²) in [5.74, 6) is -3.62. The summed E-state index contributed by atoms with van der Waals surface area (Å²) in [4.78, 5) is 70.4. The molecule has 6 heterocycles. The number of phosphoric acid groups is 3. The molecule has 2 aliphatic heterocycles. The second-order valence-corrected chi connectivity index (χ2v) is 16.1. The molecule has 3 unspecified atom stereocenters. The van der Waals surface area contributed by atoms with E-state index < -0.39 is 103 Å². The predicted octanol–water partition coefficient (Wildman–Crippen LogP) is -5.44. The number of rotatable bonds is 12. The molecule has 29 nitrogen and oxygen atoms in total. The number of imidazole rings is 2. The Labute approximate surface area is 291 Å². The number of nitrogens with zero attached hydrogens (tertiary/aromatic N) is 6. The zero-order chi connectivity index (χ0) is 39.0. The fraction of sp³-hybridized carbons (Fsp3) is 0.524. The first-order chi connectivity index (χ1) is 24.5. The van der Waals surface area contributed by atoms with Gasteiger partial charge in [0, 0.05) is 0 Å². The Hall–Kier alpha value is -3.57. The van der Waals surface area contributed by atoms with Crippen LogP contribution in [0.15, 0.2) is 22.2 Å². The van der Waals surface area contributed by atoms with Crippen molar-refractivity contribution in [3.63, 3.8) is 0 Å². The minimum atomic E-state index is -6.06. The molecule has 0 amide bonds. The van der Waals surface area contributed by atoms with E-state index in [0.717, 1.165) is 26.4 Å². The second kappa shape index (κ2) is 13.6. The van der Waals surface area contributed by atoms with Crippen molar-refractivity contribution in [2.45, 2.75) is 48.8 Å². The van der Waals surface area contributed by atoms with Crippen LogP contribution in [0.3, 0.4) is 0 Å². The van der Waals surface area contributed by atoms with E-state index >= 15 is 0 Å². The van der Waals surface area contributed by atoms with Crippen LogP contribution in [0.25, 0.3) is 22.3 Å². The Kier molecular flexibility index (Phi) is 10.1. The molecule has 2 fully saturated rings. The second-order valence-electron chi connectivity index (χ2n) is 11.5. The first-order valence-electron chi connectivity index (χ1n) is 14.5. The van der Waals surface area contributed by atoms with Crippen molar-refractivity contribution < 1.29 is 85.6 Å². The number of ether oxygens (including phenoxy) is 2. The highest BCUT2D eigenvalue weighted by Gasteiger charge is 2.59. The van der Waals surface area contributed by atoms with Gasteiger partial charge in [-0.25, -0.2) is 18.7 Å². The van der Waals surface area contributed by atoms with Gasteiger partial charge in [-0.05, 0) is 0 Å². The number of fused-ring (bicyclic) bond motifs is 2. The number of aliphatic hydroxyl groups excluding tert-OH is 4. The van der Waals surface area contributed by atoms with Crippen LogP contribution >= 0.6 is 23.5 Å². The number of H-pyrrole nitrogens is 2. The van der Waals surface area contributed by atoms with Gasteiger partial charge in [0.2, 0.25) is 11.5 Å². The summed E-state index contributed by atoms with van der Waals surface area (Å²) in [7, 11) is -16.2. The molecule has 32 heteroatoms. The van der Waals surface area contributed by atoms with Gasteiger partial charge in [0.25, 0.3) is 17.1 Å². The van der Waals surface area contributed by atoms with E-state index in [0.29, 0.717) is 0 Å². The minimum Gasteiger partial charge on any atom is -0.387 e. The summed E-state index contributed by atoms with van der Waals surface area (Å²) in [5.41, 5.74) is 8.75. The third-order valence-electron chi connectivity index (χ3n) is 7.80. The van der Waals surface area contributed by atoms with E-state index in [1.807, 2.05) is 0 Å². The number of aromatic amines is 2. The van der Waals surface area contributed by atoms with E-state index in [2.05, 4.69) is 42.6 Å². The van der Waals surface area contributed by atoms with Crippen LogP contribution < -0.4 is 27.2 Å². The quantitative estimate of drug-likeness (QED) is 0.0468. The van der Waals surface area contributed by atoms with E-state index in [1.165, 1.54) is 7.05 Å². The lowest BCUT2D eigenvalue weighted by Crippen LogP contribution is -2.63. The van der Waals surface area contributed by atoms with Gasteiger partial charge in [-0.15, -0.1) is 0 Å². The van der Waals surface area contributed by atoms with Crippen LogP contribution in [0.4, 0.5) is 11.9 Å². The van der Waals surface area contributed by atoms with Crippen molar-refractivity contribution in [3.05, 3.63) is 33.4 Å². The molecule has 0 radical (unpaired) electrons. The average Bonchev–Trinajstić information content (AvgIpc) is 3.74. The first kappa shape index (κ1) is 39.1. The number of aromatic nitrogens is 8. The Balaban J connectivity index is 1.06. The molecule has 14 N–H and O–H groups in total. The lowest BCUT2D eigenvalue weighted by atomic mass is 10.1. The zero-order valence-corrected chi connectivity index (χ0v) is 29.0. The number of hydrogen-bond acceptors (Lipinski definition) is 21. The molecular formula is C21H30N10O19P3+. The summed E-state index contributed by atoms with van der Waals surface area (Å²) >= 11 is 0. The smallest absolute Gasteiger partial charge is 0.387 e. The normalized spacial score (nSPS) is 31.2. The topological polar surface area (TPSA) is 439 Å². The SMILES string of the molecule is Cn1c[n+]([C@@]2(O)O[C@H](COP(=O)(O)OP(=O)(O)OP(=O)(O)OC[C@H]3O[C@@H](n4cnc5c(=O)[nH]c(N)nc54)[C@H](O)[C@@H]3O)[C@@H](O)[C@H]2O)c2nc(N)[nH]c(=O)c21. The maximum absolute atomic E-state index is 12.5. The van der Waals surface area contributed by atoms with Crippen LogP contribution in [0.2, 0.25) is 0 Å². The Morgan fingerprint density at radius 1 is 0.906 bits per heavy atom. The summed E-state index contributed by atoms with van der Waals surface area (Å²) < 4.78 is 68.1. The van der Waals surface area contributed by atoms with Gasteiger partial charge in [0.05, 0.1) is 26.6 Å². The van der Waals surface area contributed by atoms with Crippen molar-refractivity contribution in [2.75, 3.05) is 24.7 Å². The highest BCUT2D eigenvalue weighted by Crippen LogP contribution is 2.67. The molecule has 4 aromatic rings. The highest BCUT2D eigenvalue weighted by atomic mass is 31.3. The lowest BCUT2D eigenvalue weighted by molar-refractivity contribution is -0.842. The summed E-state index contributed by atoms with van der Waals surface area (Å²) in [6.45, 7) is -2.38. The van der Waals surface area contributed by atoms with Crippen molar-refractivity contribution in [2.24, 2.45) is 7.05 Å². The molecule has 0 aliphatic carbocycles. The Morgan fingerprint density at radius 3 is 2.13 bits per heavy atom. The summed E-state index contributed by atoms with van der Waals surface area (Å²) in [6, 6.07) is 0. The molecule has 0 spiro atoms. The fourth-order valence-electron chi connectivity index (χ4n) is 5.48. The summed E-state index contributed by atoms with van der Waals surface area (Å²) in [6.07, 6.45) is -10.9. The molecule has 2 aliphatic rings. The molecule has 4 aromatic heterocycles. The Bertz CT molecular complexity index is 2330. The number of aryl methyl sites for hydroxylation is 1. The van der Waals surface area contributed by atoms with Crippen molar-refractivity contribution in [1.82, 2.24) is 34.1 Å². The van der Waals surface area contributed by atoms with Gasteiger partial charge in [-0.1, -0.05) is 4.98 Å². The average molecular weight is 819 g/mol. The molecule has 0 bridgehead atoms. The maximum atomic E-state index is 12.5. The van der Waals surface area contributed by atoms with Crippen LogP contribution in [-0.2, 0) is 53.8 Å². The van der Waals surface area contributed by atoms with Crippen molar-refractivity contribution in [1.29, 1.82) is 0 Å². The van der Waals surface area contributed by atoms with Gasteiger partial charge in [-0.3, -0.25) is 37.7 Å². The molecule has 11 atom stereocenters. The van der Waals surface area contributed by atoms with Crippen LogP contribution in [0.5, 0.6) is 0 Å². The largest absolute Gasteiger partial charge is 0.490 e. The molecule has 53 heavy (non-hydrogen) atoms. The van der Waals surface area contributed by atoms with Gasteiger partial charge < -0.3 is 61.2 Å². The number of phosphoric ester groups is 2. The third-order valence-corrected chi connectivity index (χ3v) is 12.1. The number of nitrogen functional groups attached to an aromatic ring is 2. The van der Waals surface area contributed by atoms with Crippen molar-refractivity contribution in [3.8, 4) is 0 Å². The van der Waals surface area contributed by atoms with E-state index in [1.54, 1.807) is 0 Å². The number of hydrogen-bond donors (Lipinski definition) is 12. The lowest BCUT2D eigenvalue weighted by Gasteiger charge is -2.23. The standard InChI is InChI=1S/C21H29N10O19P3/c1-29-5-31(15-9(29)17(37)28-20(23)26-15)21(38)13(35)11(33)7(48-21)3-46-52(41,42)50-53(43,44)49-51(39,40)45-2-6-10(32)12(34)18(47-6)30-4-24-8-14(30)25-19(22)27-16(8)36/h4-7,10-13,18,32-35,38H,2-3H2,1H3,(H8-,22,23,25,26,27,28,36,37,39,40,41,42,43,44)/p+1/t6-,7-,10-,11-,12-,13-,18-,21+/m1/s1. The summed E-state index contributed by atoms with van der Waals surface area (Å²) in [5, 5.41) is 53.2. The molecular weight excluding hydrogens is 789 g/mol. The molecule has 6 rings (SSSR count). The number of nitrogens with two attached hydrogens (primary N) is 2. The first-order valence-corrected chi connectivity index (χ1v) is 19.0. The van der Waals surface area contributed by atoms with E-state index in [9.17, 15) is 63.5 Å². The van der Waals surface area contributed by atoms with Gasteiger partial charge in [0.1, 0.15) is 30.5 Å². The highest BCUT2D eigenvalue weighted by molar-refractivity contribution is 7.66. The van der Waals surface area contributed by atoms with Crippen LogP contribution in [0, 0.1) is 0 Å². The zero-order valence-electron chi connectivity index (χ0n) is 26.4. The Morgan fingerprint density at radius 2 is 1.49 bits per heavy atom. The van der Waals surface area contributed by atoms with Crippen LogP contribution in [0.1, 0.15) is 6.23 Å². The predicted molar refractivity (Wildman–Crippen MR) is 165 cm³/mol. The molecule has 0 saturated carbocycles. The third kappa shape index (κ3) is 7.44. The molecule has 2 saturated heterocycles. The van der Waals surface area contributed by atoms with Gasteiger partial charge >= 0.3 is 35.0 Å². The number of aliphatic hydroxyl groups is 5. The molecule has 0 aromatic carbocycles. The van der Waals surface area contributed by atoms with E-state index in [-0.39, 0.29) is 28.3 Å². The number of anilines is 2. The van der Waals surface area contributed by atoms with Gasteiger partial charge in [0.15, 0.2) is 29.8 Å². The van der Waals surface area contributed by atoms with Crippen molar-refractivity contribution >= 4 is 57.7 Å². The van der Waals surface area contributed by atoms with Gasteiger partial charge in [-0.2, -0.15) is 18.2 Å². The van der Waals surface area contributed by atoms with E-state index in [4.69, 9.17) is 20.9 Å². The maximum Gasteiger partial charge on any atom is 0.490 e. The molecule has 292 valence electrons. The van der Waals surface area contributed by atoms with Crippen LogP contribution in [-0.4, -0.2) is 124 Å². The minimum absolute atomic E-state index is 0.158. The monoisotopic (exact) mass is 819 g/mol.